The highest BCUT2D eigenvalue weighted by atomic mass is 15.3. The molecule has 2 unspecified atom stereocenters. The normalized spacial score (nSPS) is 30.4. The molecule has 0 spiro atoms. The van der Waals surface area contributed by atoms with Gasteiger partial charge < -0.3 is 4.48 Å². The van der Waals surface area contributed by atoms with Gasteiger partial charge in [0, 0.05) is 0 Å². The third-order valence-corrected chi connectivity index (χ3v) is 4.52. The van der Waals surface area contributed by atoms with Gasteiger partial charge in [0.1, 0.15) is 0 Å². The molecule has 1 nitrogen and oxygen atoms in total. The second kappa shape index (κ2) is 5.08. The lowest BCUT2D eigenvalue weighted by molar-refractivity contribution is -0.870. The van der Waals surface area contributed by atoms with E-state index in [4.69, 9.17) is 0 Å². The molecule has 1 rings (SSSR count). The van der Waals surface area contributed by atoms with E-state index in [0.29, 0.717) is 5.41 Å². The highest BCUT2D eigenvalue weighted by Crippen LogP contribution is 2.45. The fourth-order valence-electron chi connectivity index (χ4n) is 3.50. The summed E-state index contributed by atoms with van der Waals surface area (Å²) in [4.78, 5) is 0. The maximum Gasteiger partial charge on any atom is 0.0780 e. The van der Waals surface area contributed by atoms with Crippen LogP contribution in [-0.4, -0.2) is 32.2 Å². The minimum Gasteiger partial charge on any atom is -0.331 e. The molecule has 1 fully saturated rings. The van der Waals surface area contributed by atoms with Crippen molar-refractivity contribution in [1.82, 2.24) is 0 Å². The van der Waals surface area contributed by atoms with Gasteiger partial charge in [0.2, 0.25) is 0 Å². The Balaban J connectivity index is 2.44. The van der Waals surface area contributed by atoms with Crippen LogP contribution in [-0.2, 0) is 0 Å². The molecule has 1 saturated carbocycles. The van der Waals surface area contributed by atoms with E-state index in [1.165, 1.54) is 38.6 Å². The molecule has 0 amide bonds. The Kier molecular flexibility index (Phi) is 4.45. The largest absolute Gasteiger partial charge is 0.331 e. The van der Waals surface area contributed by atoms with E-state index in [-0.39, 0.29) is 0 Å². The summed E-state index contributed by atoms with van der Waals surface area (Å²) < 4.78 is 1.11. The molecule has 16 heavy (non-hydrogen) atoms. The van der Waals surface area contributed by atoms with Crippen molar-refractivity contribution < 1.29 is 4.48 Å². The summed E-state index contributed by atoms with van der Waals surface area (Å²) in [7, 11) is 6.90. The first kappa shape index (κ1) is 14.0. The Hall–Kier alpha value is -0.0400. The Morgan fingerprint density at radius 1 is 1.19 bits per heavy atom. The zero-order valence-corrected chi connectivity index (χ0v) is 12.3. The number of hydrogen-bond acceptors (Lipinski definition) is 0. The molecule has 96 valence electrons. The van der Waals surface area contributed by atoms with Gasteiger partial charge in [-0.15, -0.1) is 0 Å². The maximum absolute atomic E-state index is 2.49. The van der Waals surface area contributed by atoms with Crippen LogP contribution >= 0.6 is 0 Å². The highest BCUT2D eigenvalue weighted by molar-refractivity contribution is 4.86. The minimum absolute atomic E-state index is 0.586. The third-order valence-electron chi connectivity index (χ3n) is 4.52. The Labute approximate surface area is 103 Å². The monoisotopic (exact) mass is 226 g/mol. The highest BCUT2D eigenvalue weighted by Gasteiger charge is 2.36. The van der Waals surface area contributed by atoms with Crippen LogP contribution in [0.5, 0.6) is 0 Å². The molecule has 0 radical (unpaired) electrons. The summed E-state index contributed by atoms with van der Waals surface area (Å²) >= 11 is 0. The number of rotatable bonds is 4. The third kappa shape index (κ3) is 4.08. The van der Waals surface area contributed by atoms with E-state index in [9.17, 15) is 0 Å². The van der Waals surface area contributed by atoms with E-state index in [1.807, 2.05) is 0 Å². The fourth-order valence-corrected chi connectivity index (χ4v) is 3.50. The Morgan fingerprint density at radius 2 is 1.81 bits per heavy atom. The van der Waals surface area contributed by atoms with E-state index < -0.39 is 0 Å². The standard InChI is InChI=1S/C15H32N/c1-13-9-7-11-15(2,3)14(13)10-8-12-16(4,5)6/h13-14H,7-12H2,1-6H3/q+1. The molecule has 0 aromatic carbocycles. The van der Waals surface area contributed by atoms with Crippen LogP contribution in [0.15, 0.2) is 0 Å². The zero-order chi connectivity index (χ0) is 12.4. The van der Waals surface area contributed by atoms with Crippen molar-refractivity contribution >= 4 is 0 Å². The number of hydrogen-bond donors (Lipinski definition) is 0. The van der Waals surface area contributed by atoms with Crippen molar-refractivity contribution in [3.05, 3.63) is 0 Å². The van der Waals surface area contributed by atoms with Gasteiger partial charge in [-0.25, -0.2) is 0 Å². The molecule has 0 heterocycles. The molecular weight excluding hydrogens is 194 g/mol. The first-order valence-electron chi connectivity index (χ1n) is 7.03. The average Bonchev–Trinajstić information content (AvgIpc) is 2.07. The fraction of sp³-hybridized carbons (Fsp3) is 1.00. The van der Waals surface area contributed by atoms with Crippen LogP contribution in [0, 0.1) is 17.3 Å². The van der Waals surface area contributed by atoms with Crippen LogP contribution in [0.3, 0.4) is 0 Å². The van der Waals surface area contributed by atoms with Crippen LogP contribution < -0.4 is 0 Å². The van der Waals surface area contributed by atoms with Gasteiger partial charge in [-0.05, 0) is 36.5 Å². The maximum atomic E-state index is 2.49. The molecule has 0 bridgehead atoms. The lowest BCUT2D eigenvalue weighted by atomic mass is 9.63. The smallest absolute Gasteiger partial charge is 0.0780 e. The Morgan fingerprint density at radius 3 is 2.31 bits per heavy atom. The summed E-state index contributed by atoms with van der Waals surface area (Å²) in [6.45, 7) is 8.76. The molecule has 1 aliphatic rings. The van der Waals surface area contributed by atoms with Crippen molar-refractivity contribution in [2.45, 2.75) is 52.9 Å². The van der Waals surface area contributed by atoms with Gasteiger partial charge in [-0.1, -0.05) is 33.6 Å². The second-order valence-electron chi connectivity index (χ2n) is 7.62. The van der Waals surface area contributed by atoms with Crippen LogP contribution in [0.1, 0.15) is 52.9 Å². The summed E-state index contributed by atoms with van der Waals surface area (Å²) in [5.41, 5.74) is 0.586. The molecule has 0 saturated heterocycles. The van der Waals surface area contributed by atoms with Crippen molar-refractivity contribution in [2.75, 3.05) is 27.7 Å². The minimum atomic E-state index is 0.586. The molecule has 0 aromatic heterocycles. The predicted octanol–water partition coefficient (Wildman–Crippen LogP) is 3.94. The summed E-state index contributed by atoms with van der Waals surface area (Å²) in [5, 5.41) is 0. The molecule has 2 atom stereocenters. The quantitative estimate of drug-likeness (QED) is 0.637. The van der Waals surface area contributed by atoms with Crippen molar-refractivity contribution in [3.8, 4) is 0 Å². The van der Waals surface area contributed by atoms with Crippen molar-refractivity contribution in [2.24, 2.45) is 17.3 Å². The van der Waals surface area contributed by atoms with E-state index in [1.54, 1.807) is 0 Å². The van der Waals surface area contributed by atoms with Crippen LogP contribution in [0.2, 0.25) is 0 Å². The van der Waals surface area contributed by atoms with E-state index in [2.05, 4.69) is 41.9 Å². The molecule has 1 heteroatoms. The second-order valence-corrected chi connectivity index (χ2v) is 7.62. The van der Waals surface area contributed by atoms with Gasteiger partial charge in [-0.3, -0.25) is 0 Å². The Bertz CT molecular complexity index is 212. The first-order valence-corrected chi connectivity index (χ1v) is 7.03. The van der Waals surface area contributed by atoms with Gasteiger partial charge in [-0.2, -0.15) is 0 Å². The summed E-state index contributed by atoms with van der Waals surface area (Å²) in [6.07, 6.45) is 7.16. The van der Waals surface area contributed by atoms with Crippen molar-refractivity contribution in [1.29, 1.82) is 0 Å². The molecule has 1 aliphatic carbocycles. The molecule has 0 aromatic rings. The topological polar surface area (TPSA) is 0 Å². The average molecular weight is 226 g/mol. The number of quaternary nitrogens is 1. The number of nitrogens with zero attached hydrogens (tertiary/aromatic N) is 1. The van der Waals surface area contributed by atoms with Gasteiger partial charge in [0.05, 0.1) is 27.7 Å². The summed E-state index contributed by atoms with van der Waals surface area (Å²) in [5.74, 6) is 1.89. The molecular formula is C15H32N+. The van der Waals surface area contributed by atoms with E-state index >= 15 is 0 Å². The lowest BCUT2D eigenvalue weighted by Crippen LogP contribution is -2.37. The summed E-state index contributed by atoms with van der Waals surface area (Å²) in [6, 6.07) is 0. The lowest BCUT2D eigenvalue weighted by Gasteiger charge is -2.43. The SMILES string of the molecule is CC1CCCC(C)(C)C1CCC[N+](C)(C)C. The first-order chi connectivity index (χ1) is 7.22. The van der Waals surface area contributed by atoms with Gasteiger partial charge >= 0.3 is 0 Å². The van der Waals surface area contributed by atoms with Crippen molar-refractivity contribution in [3.63, 3.8) is 0 Å². The zero-order valence-electron chi connectivity index (χ0n) is 12.3. The molecule has 0 N–H and O–H groups in total. The van der Waals surface area contributed by atoms with E-state index in [0.717, 1.165) is 16.3 Å². The van der Waals surface area contributed by atoms with Crippen LogP contribution in [0.4, 0.5) is 0 Å². The predicted molar refractivity (Wildman–Crippen MR) is 72.4 cm³/mol. The van der Waals surface area contributed by atoms with Gasteiger partial charge in [0.15, 0.2) is 0 Å². The van der Waals surface area contributed by atoms with Gasteiger partial charge in [0.25, 0.3) is 0 Å². The molecule has 0 aliphatic heterocycles. The van der Waals surface area contributed by atoms with Crippen LogP contribution in [0.25, 0.3) is 0 Å².